The number of rotatable bonds is 5. The minimum Gasteiger partial charge on any atom is -0.399 e. The highest BCUT2D eigenvalue weighted by Crippen LogP contribution is 2.19. The van der Waals surface area contributed by atoms with E-state index in [1.807, 2.05) is 38.1 Å². The van der Waals surface area contributed by atoms with Crippen LogP contribution < -0.4 is 5.73 Å². The molecule has 2 rings (SSSR count). The maximum atomic E-state index is 12.6. The number of hydrogen-bond donors (Lipinski definition) is 2. The largest absolute Gasteiger partial charge is 0.399 e. The van der Waals surface area contributed by atoms with Crippen molar-refractivity contribution in [3.05, 3.63) is 30.0 Å². The van der Waals surface area contributed by atoms with Crippen LogP contribution in [-0.4, -0.2) is 42.1 Å². The number of anilines is 1. The zero-order chi connectivity index (χ0) is 14.7. The quantitative estimate of drug-likeness (QED) is 0.822. The number of nitrogens with one attached hydrogen (secondary N) is 1. The third-order valence-corrected chi connectivity index (χ3v) is 3.30. The number of carbonyl (C=O) groups is 1. The fraction of sp³-hybridized carbons (Fsp3) is 0.400. The van der Waals surface area contributed by atoms with Crippen LogP contribution >= 0.6 is 0 Å². The molecule has 0 aliphatic rings. The summed E-state index contributed by atoms with van der Waals surface area (Å²) in [6.07, 6.45) is 0. The summed E-state index contributed by atoms with van der Waals surface area (Å²) in [5.41, 5.74) is 7.94. The van der Waals surface area contributed by atoms with E-state index in [1.54, 1.807) is 12.0 Å². The van der Waals surface area contributed by atoms with Crippen molar-refractivity contribution in [3.63, 3.8) is 0 Å². The predicted molar refractivity (Wildman–Crippen MR) is 80.8 cm³/mol. The van der Waals surface area contributed by atoms with Crippen LogP contribution in [0, 0.1) is 0 Å². The van der Waals surface area contributed by atoms with Crippen molar-refractivity contribution in [1.29, 1.82) is 0 Å². The summed E-state index contributed by atoms with van der Waals surface area (Å²) in [4.78, 5) is 17.5. The van der Waals surface area contributed by atoms with Crippen LogP contribution in [0.1, 0.15) is 24.3 Å². The normalized spacial score (nSPS) is 11.2. The Bertz CT molecular complexity index is 604. The van der Waals surface area contributed by atoms with E-state index in [-0.39, 0.29) is 11.9 Å². The molecular weight excluding hydrogens is 254 g/mol. The fourth-order valence-electron chi connectivity index (χ4n) is 2.20. The van der Waals surface area contributed by atoms with Gasteiger partial charge >= 0.3 is 0 Å². The molecule has 0 saturated heterocycles. The van der Waals surface area contributed by atoms with E-state index < -0.39 is 0 Å². The van der Waals surface area contributed by atoms with Crippen LogP contribution in [0.25, 0.3) is 10.9 Å². The van der Waals surface area contributed by atoms with Crippen molar-refractivity contribution in [1.82, 2.24) is 9.88 Å². The Kier molecular flexibility index (Phi) is 4.29. The van der Waals surface area contributed by atoms with Gasteiger partial charge in [-0.05, 0) is 38.1 Å². The maximum absolute atomic E-state index is 12.6. The van der Waals surface area contributed by atoms with E-state index in [0.717, 1.165) is 10.9 Å². The highest BCUT2D eigenvalue weighted by Gasteiger charge is 2.20. The van der Waals surface area contributed by atoms with Crippen LogP contribution in [0.4, 0.5) is 5.69 Å². The van der Waals surface area contributed by atoms with Gasteiger partial charge in [0.05, 0.1) is 6.61 Å². The highest BCUT2D eigenvalue weighted by atomic mass is 16.5. The lowest BCUT2D eigenvalue weighted by atomic mass is 10.2. The number of methoxy groups -OCH3 is 1. The highest BCUT2D eigenvalue weighted by molar-refractivity contribution is 5.98. The second-order valence-corrected chi connectivity index (χ2v) is 5.11. The number of aromatic nitrogens is 1. The number of fused-ring (bicyclic) bond motifs is 1. The number of nitrogens with zero attached hydrogens (tertiary/aromatic N) is 1. The summed E-state index contributed by atoms with van der Waals surface area (Å²) in [6, 6.07) is 7.52. The smallest absolute Gasteiger partial charge is 0.270 e. The van der Waals surface area contributed by atoms with Gasteiger partial charge in [0.2, 0.25) is 0 Å². The third kappa shape index (κ3) is 2.93. The first-order chi connectivity index (χ1) is 9.52. The molecule has 0 spiro atoms. The summed E-state index contributed by atoms with van der Waals surface area (Å²) < 4.78 is 5.06. The molecule has 1 amide bonds. The van der Waals surface area contributed by atoms with Crippen molar-refractivity contribution in [2.45, 2.75) is 19.9 Å². The number of nitrogen functional groups attached to an aromatic ring is 1. The molecule has 20 heavy (non-hydrogen) atoms. The molecule has 5 nitrogen and oxygen atoms in total. The zero-order valence-corrected chi connectivity index (χ0v) is 12.1. The Balaban J connectivity index is 2.28. The summed E-state index contributed by atoms with van der Waals surface area (Å²) in [7, 11) is 1.63. The molecule has 108 valence electrons. The predicted octanol–water partition coefficient (Wildman–Crippen LogP) is 2.25. The Labute approximate surface area is 118 Å². The van der Waals surface area contributed by atoms with Gasteiger partial charge in [0.15, 0.2) is 0 Å². The standard InChI is InChI=1S/C15H21N3O2/c1-10(2)18(6-7-20-3)15(19)14-9-11-8-12(16)4-5-13(11)17-14/h4-5,8-10,17H,6-7,16H2,1-3H3. The molecule has 0 fully saturated rings. The molecule has 2 aromatic rings. The number of ether oxygens (including phenoxy) is 1. The Morgan fingerprint density at radius 1 is 1.40 bits per heavy atom. The van der Waals surface area contributed by atoms with Gasteiger partial charge in [-0.3, -0.25) is 4.79 Å². The molecule has 0 bridgehead atoms. The first kappa shape index (κ1) is 14.4. The van der Waals surface area contributed by atoms with Crippen LogP contribution in [-0.2, 0) is 4.74 Å². The number of nitrogens with two attached hydrogens (primary N) is 1. The molecule has 0 saturated carbocycles. The Morgan fingerprint density at radius 2 is 2.15 bits per heavy atom. The van der Waals surface area contributed by atoms with E-state index in [0.29, 0.717) is 24.5 Å². The van der Waals surface area contributed by atoms with Crippen molar-refractivity contribution >= 4 is 22.5 Å². The molecule has 1 heterocycles. The molecule has 1 aromatic heterocycles. The number of H-pyrrole nitrogens is 1. The van der Waals surface area contributed by atoms with Gasteiger partial charge in [0.1, 0.15) is 5.69 Å². The number of aromatic amines is 1. The molecule has 0 atom stereocenters. The first-order valence-electron chi connectivity index (χ1n) is 6.71. The minimum absolute atomic E-state index is 0.0215. The zero-order valence-electron chi connectivity index (χ0n) is 12.1. The van der Waals surface area contributed by atoms with Gasteiger partial charge in [-0.2, -0.15) is 0 Å². The topological polar surface area (TPSA) is 71.3 Å². The summed E-state index contributed by atoms with van der Waals surface area (Å²) >= 11 is 0. The third-order valence-electron chi connectivity index (χ3n) is 3.30. The van der Waals surface area contributed by atoms with Crippen LogP contribution in [0.2, 0.25) is 0 Å². The average Bonchev–Trinajstić information content (AvgIpc) is 2.81. The van der Waals surface area contributed by atoms with Crippen LogP contribution in [0.15, 0.2) is 24.3 Å². The molecule has 0 aliphatic carbocycles. The molecule has 1 aromatic carbocycles. The SMILES string of the molecule is COCCN(C(=O)c1cc2cc(N)ccc2[nH]1)C(C)C. The fourth-order valence-corrected chi connectivity index (χ4v) is 2.20. The van der Waals surface area contributed by atoms with Gasteiger partial charge in [0.25, 0.3) is 5.91 Å². The minimum atomic E-state index is -0.0215. The number of carbonyl (C=O) groups excluding carboxylic acids is 1. The number of amides is 1. The summed E-state index contributed by atoms with van der Waals surface area (Å²) in [5, 5.41) is 0.948. The van der Waals surface area contributed by atoms with Crippen LogP contribution in [0.3, 0.4) is 0 Å². The van der Waals surface area contributed by atoms with Crippen LogP contribution in [0.5, 0.6) is 0 Å². The summed E-state index contributed by atoms with van der Waals surface area (Å²) in [5.74, 6) is -0.0215. The molecule has 3 N–H and O–H groups in total. The van der Waals surface area contributed by atoms with Crippen molar-refractivity contribution in [3.8, 4) is 0 Å². The van der Waals surface area contributed by atoms with Crippen molar-refractivity contribution < 1.29 is 9.53 Å². The van der Waals surface area contributed by atoms with Gasteiger partial charge < -0.3 is 20.4 Å². The Hall–Kier alpha value is -2.01. The van der Waals surface area contributed by atoms with E-state index in [4.69, 9.17) is 10.5 Å². The van der Waals surface area contributed by atoms with Gasteiger partial charge in [0, 0.05) is 36.3 Å². The Morgan fingerprint density at radius 3 is 2.80 bits per heavy atom. The van der Waals surface area contributed by atoms with E-state index in [9.17, 15) is 4.79 Å². The lowest BCUT2D eigenvalue weighted by molar-refractivity contribution is 0.0630. The second kappa shape index (κ2) is 5.96. The van der Waals surface area contributed by atoms with Crippen molar-refractivity contribution in [2.75, 3.05) is 26.0 Å². The molecular formula is C15H21N3O2. The van der Waals surface area contributed by atoms with E-state index >= 15 is 0 Å². The molecule has 0 radical (unpaired) electrons. The van der Waals surface area contributed by atoms with Crippen molar-refractivity contribution in [2.24, 2.45) is 0 Å². The average molecular weight is 275 g/mol. The maximum Gasteiger partial charge on any atom is 0.270 e. The summed E-state index contributed by atoms with van der Waals surface area (Å²) in [6.45, 7) is 5.09. The number of benzene rings is 1. The lowest BCUT2D eigenvalue weighted by Gasteiger charge is -2.25. The second-order valence-electron chi connectivity index (χ2n) is 5.11. The van der Waals surface area contributed by atoms with Gasteiger partial charge in [-0.1, -0.05) is 0 Å². The molecule has 0 unspecified atom stereocenters. The molecule has 0 aliphatic heterocycles. The van der Waals surface area contributed by atoms with Gasteiger partial charge in [-0.15, -0.1) is 0 Å². The van der Waals surface area contributed by atoms with E-state index in [2.05, 4.69) is 4.98 Å². The molecule has 5 heteroatoms. The lowest BCUT2D eigenvalue weighted by Crippen LogP contribution is -2.39. The van der Waals surface area contributed by atoms with E-state index in [1.165, 1.54) is 0 Å². The first-order valence-corrected chi connectivity index (χ1v) is 6.71. The number of hydrogen-bond acceptors (Lipinski definition) is 3. The van der Waals surface area contributed by atoms with Gasteiger partial charge in [-0.25, -0.2) is 0 Å². The monoisotopic (exact) mass is 275 g/mol.